The van der Waals surface area contributed by atoms with Crippen molar-refractivity contribution in [2.24, 2.45) is 0 Å². The Bertz CT molecular complexity index is 455. The van der Waals surface area contributed by atoms with Crippen LogP contribution in [0.15, 0.2) is 35.9 Å². The predicted octanol–water partition coefficient (Wildman–Crippen LogP) is 2.11. The van der Waals surface area contributed by atoms with E-state index in [9.17, 15) is 4.79 Å². The summed E-state index contributed by atoms with van der Waals surface area (Å²) in [5.74, 6) is 1.60. The van der Waals surface area contributed by atoms with Crippen LogP contribution in [0.2, 0.25) is 0 Å². The van der Waals surface area contributed by atoms with Crippen LogP contribution < -0.4 is 5.32 Å². The fourth-order valence-corrected chi connectivity index (χ4v) is 1.22. The molecule has 3 nitrogen and oxygen atoms in total. The number of terminal acetylenes is 1. The fourth-order valence-electron chi connectivity index (χ4n) is 1.22. The second-order valence-corrected chi connectivity index (χ2v) is 3.41. The molecular weight excluding hydrogens is 202 g/mol. The van der Waals surface area contributed by atoms with Crippen molar-refractivity contribution in [1.29, 1.82) is 0 Å². The molecule has 0 aliphatic carbocycles. The molecule has 0 radical (unpaired) electrons. The molecule has 2 N–H and O–H groups in total. The molecular formula is C13H13NO2. The smallest absolute Gasteiger partial charge is 0.328 e. The molecule has 0 fully saturated rings. The Morgan fingerprint density at radius 2 is 2.38 bits per heavy atom. The maximum Gasteiger partial charge on any atom is 0.328 e. The zero-order valence-electron chi connectivity index (χ0n) is 9.03. The van der Waals surface area contributed by atoms with Gasteiger partial charge in [0, 0.05) is 23.9 Å². The molecule has 0 atom stereocenters. The number of hydrogen-bond acceptors (Lipinski definition) is 2. The Morgan fingerprint density at radius 3 is 3.00 bits per heavy atom. The Hall–Kier alpha value is -2.21. The van der Waals surface area contributed by atoms with Gasteiger partial charge in [-0.2, -0.15) is 0 Å². The molecule has 0 bridgehead atoms. The minimum absolute atomic E-state index is 0.486. The minimum Gasteiger partial charge on any atom is -0.478 e. The van der Waals surface area contributed by atoms with Crippen molar-refractivity contribution >= 4 is 11.7 Å². The van der Waals surface area contributed by atoms with Gasteiger partial charge in [-0.3, -0.25) is 0 Å². The van der Waals surface area contributed by atoms with Crippen LogP contribution in [0.5, 0.6) is 0 Å². The maximum atomic E-state index is 10.4. The van der Waals surface area contributed by atoms with E-state index in [1.54, 1.807) is 6.92 Å². The van der Waals surface area contributed by atoms with Crippen molar-refractivity contribution in [2.75, 3.05) is 11.9 Å². The molecule has 0 saturated carbocycles. The van der Waals surface area contributed by atoms with Gasteiger partial charge in [0.15, 0.2) is 0 Å². The van der Waals surface area contributed by atoms with Gasteiger partial charge in [0.2, 0.25) is 0 Å². The van der Waals surface area contributed by atoms with E-state index in [1.165, 1.54) is 6.08 Å². The number of anilines is 1. The van der Waals surface area contributed by atoms with Crippen molar-refractivity contribution < 1.29 is 9.90 Å². The lowest BCUT2D eigenvalue weighted by Crippen LogP contribution is -2.04. The van der Waals surface area contributed by atoms with E-state index in [0.717, 1.165) is 16.8 Å². The van der Waals surface area contributed by atoms with Crippen LogP contribution in [0.1, 0.15) is 12.5 Å². The standard InChI is InChI=1S/C13H13NO2/c1-3-11-5-4-6-12(8-11)14-9-10(2)7-13(15)16/h1,4-8,14H,9H2,2H3,(H,15,16)/b10-7-. The van der Waals surface area contributed by atoms with Crippen LogP contribution in [0.3, 0.4) is 0 Å². The summed E-state index contributed by atoms with van der Waals surface area (Å²) in [5, 5.41) is 11.6. The van der Waals surface area contributed by atoms with Gasteiger partial charge in [-0.15, -0.1) is 6.42 Å². The lowest BCUT2D eigenvalue weighted by molar-refractivity contribution is -0.131. The molecule has 0 aromatic heterocycles. The highest BCUT2D eigenvalue weighted by Crippen LogP contribution is 2.10. The Labute approximate surface area is 94.8 Å². The first kappa shape index (κ1) is 11.9. The summed E-state index contributed by atoms with van der Waals surface area (Å²) >= 11 is 0. The molecule has 1 aromatic rings. The van der Waals surface area contributed by atoms with Crippen LogP contribution in [-0.2, 0) is 4.79 Å². The molecule has 0 unspecified atom stereocenters. The van der Waals surface area contributed by atoms with Crippen LogP contribution in [0, 0.1) is 12.3 Å². The first-order chi connectivity index (χ1) is 7.61. The van der Waals surface area contributed by atoms with Gasteiger partial charge in [0.1, 0.15) is 0 Å². The van der Waals surface area contributed by atoms with Gasteiger partial charge in [-0.05, 0) is 30.7 Å². The Balaban J connectivity index is 2.62. The number of rotatable bonds is 4. The summed E-state index contributed by atoms with van der Waals surface area (Å²) in [4.78, 5) is 10.4. The second-order valence-electron chi connectivity index (χ2n) is 3.41. The molecule has 1 aromatic carbocycles. The molecule has 0 spiro atoms. The van der Waals surface area contributed by atoms with E-state index in [4.69, 9.17) is 11.5 Å². The topological polar surface area (TPSA) is 49.3 Å². The summed E-state index contributed by atoms with van der Waals surface area (Å²) < 4.78 is 0. The van der Waals surface area contributed by atoms with Crippen LogP contribution >= 0.6 is 0 Å². The summed E-state index contributed by atoms with van der Waals surface area (Å²) in [5.41, 5.74) is 2.43. The molecule has 0 aliphatic heterocycles. The quantitative estimate of drug-likeness (QED) is 0.597. The SMILES string of the molecule is C#Cc1cccc(NC/C(C)=C\C(=O)O)c1. The van der Waals surface area contributed by atoms with Crippen LogP contribution in [0.25, 0.3) is 0 Å². The molecule has 16 heavy (non-hydrogen) atoms. The highest BCUT2D eigenvalue weighted by molar-refractivity contribution is 5.80. The van der Waals surface area contributed by atoms with E-state index in [0.29, 0.717) is 6.54 Å². The van der Waals surface area contributed by atoms with Gasteiger partial charge in [-0.1, -0.05) is 12.0 Å². The molecule has 3 heteroatoms. The Morgan fingerprint density at radius 1 is 1.62 bits per heavy atom. The highest BCUT2D eigenvalue weighted by Gasteiger charge is 1.96. The summed E-state index contributed by atoms with van der Waals surface area (Å²) in [6, 6.07) is 7.42. The molecule has 0 aliphatic rings. The van der Waals surface area contributed by atoms with Gasteiger partial charge < -0.3 is 10.4 Å². The molecule has 0 heterocycles. The summed E-state index contributed by atoms with van der Waals surface area (Å²) in [6.45, 7) is 2.24. The van der Waals surface area contributed by atoms with E-state index in [2.05, 4.69) is 11.2 Å². The monoisotopic (exact) mass is 215 g/mol. The van der Waals surface area contributed by atoms with E-state index in [-0.39, 0.29) is 0 Å². The van der Waals surface area contributed by atoms with Crippen molar-refractivity contribution in [2.45, 2.75) is 6.92 Å². The van der Waals surface area contributed by atoms with E-state index in [1.807, 2.05) is 24.3 Å². The number of nitrogens with one attached hydrogen (secondary N) is 1. The number of carboxylic acids is 1. The average molecular weight is 215 g/mol. The van der Waals surface area contributed by atoms with E-state index < -0.39 is 5.97 Å². The lowest BCUT2D eigenvalue weighted by atomic mass is 10.2. The van der Waals surface area contributed by atoms with Crippen LogP contribution in [-0.4, -0.2) is 17.6 Å². The zero-order valence-corrected chi connectivity index (χ0v) is 9.03. The van der Waals surface area contributed by atoms with Crippen molar-refractivity contribution in [1.82, 2.24) is 0 Å². The second kappa shape index (κ2) is 5.62. The third kappa shape index (κ3) is 3.89. The minimum atomic E-state index is -0.934. The van der Waals surface area contributed by atoms with Gasteiger partial charge in [0.05, 0.1) is 0 Å². The normalized spacial score (nSPS) is 10.6. The van der Waals surface area contributed by atoms with Gasteiger partial charge in [-0.25, -0.2) is 4.79 Å². The summed E-state index contributed by atoms with van der Waals surface area (Å²) in [6.07, 6.45) is 6.45. The lowest BCUT2D eigenvalue weighted by Gasteiger charge is -2.06. The van der Waals surface area contributed by atoms with Gasteiger partial charge in [0.25, 0.3) is 0 Å². The largest absolute Gasteiger partial charge is 0.478 e. The maximum absolute atomic E-state index is 10.4. The van der Waals surface area contributed by atoms with Crippen molar-refractivity contribution in [3.05, 3.63) is 41.5 Å². The third-order valence-corrected chi connectivity index (χ3v) is 1.97. The molecule has 0 amide bonds. The first-order valence-electron chi connectivity index (χ1n) is 4.82. The zero-order chi connectivity index (χ0) is 12.0. The highest BCUT2D eigenvalue weighted by atomic mass is 16.4. The van der Waals surface area contributed by atoms with Gasteiger partial charge >= 0.3 is 5.97 Å². The number of carbonyl (C=O) groups is 1. The Kier molecular flexibility index (Phi) is 4.16. The number of benzene rings is 1. The molecule has 1 rings (SSSR count). The van der Waals surface area contributed by atoms with Crippen LogP contribution in [0.4, 0.5) is 5.69 Å². The fraction of sp³-hybridized carbons (Fsp3) is 0.154. The number of aliphatic carboxylic acids is 1. The summed E-state index contributed by atoms with van der Waals surface area (Å²) in [7, 11) is 0. The molecule has 0 saturated heterocycles. The third-order valence-electron chi connectivity index (χ3n) is 1.97. The van der Waals surface area contributed by atoms with Crippen molar-refractivity contribution in [3.8, 4) is 12.3 Å². The van der Waals surface area contributed by atoms with E-state index >= 15 is 0 Å². The number of carboxylic acid groups (broad SMARTS) is 1. The van der Waals surface area contributed by atoms with Crippen molar-refractivity contribution in [3.63, 3.8) is 0 Å². The molecule has 82 valence electrons. The predicted molar refractivity (Wildman–Crippen MR) is 64.3 cm³/mol. The number of hydrogen-bond donors (Lipinski definition) is 2. The average Bonchev–Trinajstić information content (AvgIpc) is 2.26. The first-order valence-corrected chi connectivity index (χ1v) is 4.82.